The lowest BCUT2D eigenvalue weighted by atomic mass is 9.89. The fraction of sp³-hybridized carbons (Fsp3) is 0.625. The first-order chi connectivity index (χ1) is 9.56. The van der Waals surface area contributed by atoms with Crippen LogP contribution in [-0.4, -0.2) is 31.1 Å². The minimum Gasteiger partial charge on any atom is -0.314 e. The minimum atomic E-state index is -0.420. The highest BCUT2D eigenvalue weighted by Crippen LogP contribution is 2.35. The molecule has 0 bridgehead atoms. The molecule has 2 nitrogen and oxygen atoms in total. The van der Waals surface area contributed by atoms with Gasteiger partial charge in [-0.2, -0.15) is 0 Å². The molecule has 1 fully saturated rings. The number of benzene rings is 1. The lowest BCUT2D eigenvalue weighted by molar-refractivity contribution is 0.122. The molecule has 1 aliphatic heterocycles. The third-order valence-corrected chi connectivity index (χ3v) is 4.34. The maximum absolute atomic E-state index is 14.5. The van der Waals surface area contributed by atoms with Crippen LogP contribution in [-0.2, 0) is 0 Å². The van der Waals surface area contributed by atoms with E-state index in [0.29, 0.717) is 5.56 Å². The van der Waals surface area contributed by atoms with Gasteiger partial charge in [0, 0.05) is 37.8 Å². The number of piperazine rings is 1. The van der Waals surface area contributed by atoms with Crippen molar-refractivity contribution in [3.63, 3.8) is 0 Å². The van der Waals surface area contributed by atoms with Crippen LogP contribution in [0.25, 0.3) is 0 Å². The molecule has 1 unspecified atom stereocenters. The Bertz CT molecular complexity index is 466. The predicted octanol–water partition coefficient (Wildman–Crippen LogP) is 4.11. The summed E-state index contributed by atoms with van der Waals surface area (Å²) in [5.41, 5.74) is 0.770. The van der Waals surface area contributed by atoms with Gasteiger partial charge in [0.05, 0.1) is 0 Å². The van der Waals surface area contributed by atoms with Gasteiger partial charge >= 0.3 is 0 Å². The molecule has 0 radical (unpaired) electrons. The molecule has 1 aliphatic rings. The first-order valence-corrected chi connectivity index (χ1v) is 7.45. The lowest BCUT2D eigenvalue weighted by Gasteiger charge is -2.38. The summed E-state index contributed by atoms with van der Waals surface area (Å²) in [6.45, 7) is 9.27. The molecule has 128 valence electrons. The molecule has 1 N–H and O–H groups in total. The van der Waals surface area contributed by atoms with Gasteiger partial charge in [-0.05, 0) is 24.5 Å². The van der Waals surface area contributed by atoms with Crippen LogP contribution >= 0.6 is 24.8 Å². The molecule has 0 saturated carbocycles. The van der Waals surface area contributed by atoms with Crippen LogP contribution in [0.15, 0.2) is 12.1 Å². The van der Waals surface area contributed by atoms with E-state index >= 15 is 0 Å². The van der Waals surface area contributed by atoms with E-state index in [4.69, 9.17) is 0 Å². The summed E-state index contributed by atoms with van der Waals surface area (Å²) in [6, 6.07) is 2.73. The van der Waals surface area contributed by atoms with Crippen molar-refractivity contribution in [3.8, 4) is 0 Å². The largest absolute Gasteiger partial charge is 0.314 e. The third-order valence-electron chi connectivity index (χ3n) is 4.34. The van der Waals surface area contributed by atoms with E-state index in [0.717, 1.165) is 32.6 Å². The minimum absolute atomic E-state index is 0. The highest BCUT2D eigenvalue weighted by atomic mass is 35.5. The van der Waals surface area contributed by atoms with E-state index < -0.39 is 5.82 Å². The molecular weight excluding hydrogens is 329 g/mol. The number of halogens is 4. The van der Waals surface area contributed by atoms with Crippen LogP contribution in [0.2, 0.25) is 0 Å². The van der Waals surface area contributed by atoms with Gasteiger partial charge in [-0.15, -0.1) is 24.8 Å². The average Bonchev–Trinajstić information content (AvgIpc) is 2.48. The summed E-state index contributed by atoms with van der Waals surface area (Å²) in [7, 11) is 0. The van der Waals surface area contributed by atoms with Gasteiger partial charge in [0.2, 0.25) is 0 Å². The Balaban J connectivity index is 0.00000220. The second-order valence-corrected chi connectivity index (χ2v) is 5.71. The molecule has 0 amide bonds. The normalized spacial score (nSPS) is 18.0. The second-order valence-electron chi connectivity index (χ2n) is 5.71. The number of nitrogens with one attached hydrogen (secondary N) is 1. The Labute approximate surface area is 144 Å². The van der Waals surface area contributed by atoms with Crippen molar-refractivity contribution in [3.05, 3.63) is 34.9 Å². The standard InChI is InChI=1S/C16H24F2N2.2ClH/c1-4-11(2)16(20-9-7-19-8-10-20)14-13(17)6-5-12(3)15(14)18;;/h5-6,11,16,19H,4,7-10H2,1-3H3;2*1H/t11?,16-;;/m0../s1. The highest BCUT2D eigenvalue weighted by Gasteiger charge is 2.31. The van der Waals surface area contributed by atoms with Crippen LogP contribution in [0.1, 0.15) is 37.4 Å². The summed E-state index contributed by atoms with van der Waals surface area (Å²) in [5.74, 6) is -0.579. The summed E-state index contributed by atoms with van der Waals surface area (Å²) in [4.78, 5) is 2.21. The fourth-order valence-electron chi connectivity index (χ4n) is 2.96. The summed E-state index contributed by atoms with van der Waals surface area (Å²) >= 11 is 0. The maximum atomic E-state index is 14.5. The molecule has 2 atom stereocenters. The summed E-state index contributed by atoms with van der Waals surface area (Å²) < 4.78 is 28.7. The zero-order chi connectivity index (χ0) is 14.7. The van der Waals surface area contributed by atoms with Crippen LogP contribution in [0.5, 0.6) is 0 Å². The molecule has 0 spiro atoms. The molecule has 0 aromatic heterocycles. The van der Waals surface area contributed by atoms with E-state index in [2.05, 4.69) is 24.1 Å². The molecule has 1 heterocycles. The van der Waals surface area contributed by atoms with Gasteiger partial charge in [-0.3, -0.25) is 4.90 Å². The van der Waals surface area contributed by atoms with Gasteiger partial charge in [-0.1, -0.05) is 26.3 Å². The summed E-state index contributed by atoms with van der Waals surface area (Å²) in [5, 5.41) is 3.29. The number of hydrogen-bond donors (Lipinski definition) is 1. The maximum Gasteiger partial charge on any atom is 0.133 e. The van der Waals surface area contributed by atoms with Crippen molar-refractivity contribution in [2.24, 2.45) is 5.92 Å². The van der Waals surface area contributed by atoms with Crippen LogP contribution in [0, 0.1) is 24.5 Å². The van der Waals surface area contributed by atoms with Crippen LogP contribution in [0.3, 0.4) is 0 Å². The highest BCUT2D eigenvalue weighted by molar-refractivity contribution is 5.85. The van der Waals surface area contributed by atoms with Crippen molar-refractivity contribution < 1.29 is 8.78 Å². The zero-order valence-electron chi connectivity index (χ0n) is 13.4. The molecule has 1 aromatic carbocycles. The SMILES string of the molecule is CCC(C)[C@@H](c1c(F)ccc(C)c1F)N1CCNCC1.Cl.Cl. The molecule has 22 heavy (non-hydrogen) atoms. The van der Waals surface area contributed by atoms with E-state index in [9.17, 15) is 8.78 Å². The van der Waals surface area contributed by atoms with Crippen molar-refractivity contribution in [1.29, 1.82) is 0 Å². The molecule has 2 rings (SSSR count). The zero-order valence-corrected chi connectivity index (χ0v) is 15.0. The molecule has 6 heteroatoms. The van der Waals surface area contributed by atoms with Crippen molar-refractivity contribution in [2.45, 2.75) is 33.2 Å². The smallest absolute Gasteiger partial charge is 0.133 e. The summed E-state index contributed by atoms with van der Waals surface area (Å²) in [6.07, 6.45) is 0.904. The molecule has 1 aromatic rings. The fourth-order valence-corrected chi connectivity index (χ4v) is 2.96. The molecular formula is C16H26Cl2F2N2. The Hall–Kier alpha value is -0.420. The number of nitrogens with zero attached hydrogens (tertiary/aromatic N) is 1. The number of aryl methyl sites for hydroxylation is 1. The molecule has 1 saturated heterocycles. The first-order valence-electron chi connectivity index (χ1n) is 7.45. The van der Waals surface area contributed by atoms with Crippen molar-refractivity contribution >= 4 is 24.8 Å². The van der Waals surface area contributed by atoms with Crippen LogP contribution in [0.4, 0.5) is 8.78 Å². The molecule has 0 aliphatic carbocycles. The predicted molar refractivity (Wildman–Crippen MR) is 92.2 cm³/mol. The van der Waals surface area contributed by atoms with E-state index in [1.165, 1.54) is 12.1 Å². The average molecular weight is 355 g/mol. The quantitative estimate of drug-likeness (QED) is 0.875. The van der Waals surface area contributed by atoms with Gasteiger partial charge in [-0.25, -0.2) is 8.78 Å². The van der Waals surface area contributed by atoms with E-state index in [1.807, 2.05) is 0 Å². The number of hydrogen-bond acceptors (Lipinski definition) is 2. The van der Waals surface area contributed by atoms with Crippen LogP contribution < -0.4 is 5.32 Å². The van der Waals surface area contributed by atoms with Crippen molar-refractivity contribution in [2.75, 3.05) is 26.2 Å². The van der Waals surface area contributed by atoms with E-state index in [1.54, 1.807) is 6.92 Å². The number of rotatable bonds is 4. The van der Waals surface area contributed by atoms with E-state index in [-0.39, 0.29) is 48.2 Å². The third kappa shape index (κ3) is 4.54. The Morgan fingerprint density at radius 2 is 1.77 bits per heavy atom. The monoisotopic (exact) mass is 354 g/mol. The Morgan fingerprint density at radius 1 is 1.18 bits per heavy atom. The Morgan fingerprint density at radius 3 is 2.32 bits per heavy atom. The topological polar surface area (TPSA) is 15.3 Å². The first kappa shape index (κ1) is 21.6. The Kier molecular flexibility index (Phi) is 9.47. The van der Waals surface area contributed by atoms with Gasteiger partial charge in [0.15, 0.2) is 0 Å². The second kappa shape index (κ2) is 9.66. The van der Waals surface area contributed by atoms with Gasteiger partial charge < -0.3 is 5.32 Å². The van der Waals surface area contributed by atoms with Crippen molar-refractivity contribution in [1.82, 2.24) is 10.2 Å². The lowest BCUT2D eigenvalue weighted by Crippen LogP contribution is -2.47. The van der Waals surface area contributed by atoms with Gasteiger partial charge in [0.25, 0.3) is 0 Å². The van der Waals surface area contributed by atoms with Gasteiger partial charge in [0.1, 0.15) is 11.6 Å².